The highest BCUT2D eigenvalue weighted by Gasteiger charge is 2.35. The zero-order valence-electron chi connectivity index (χ0n) is 13.9. The number of hydrogen-bond acceptors (Lipinski definition) is 2. The summed E-state index contributed by atoms with van der Waals surface area (Å²) in [5.74, 6) is 0.688. The molecule has 2 N–H and O–H groups in total. The Bertz CT molecular complexity index is 403. The minimum absolute atomic E-state index is 0.192. The molecule has 0 spiro atoms. The Morgan fingerprint density at radius 1 is 1.19 bits per heavy atom. The monoisotopic (exact) mass is 288 g/mol. The highest BCUT2D eigenvalue weighted by Crippen LogP contribution is 2.33. The molecule has 1 heterocycles. The minimum atomic E-state index is 0.192. The van der Waals surface area contributed by atoms with Gasteiger partial charge in [0.05, 0.1) is 0 Å². The number of unbranched alkanes of at least 4 members (excludes halogenated alkanes) is 3. The van der Waals surface area contributed by atoms with Gasteiger partial charge in [0.25, 0.3) is 0 Å². The van der Waals surface area contributed by atoms with E-state index in [2.05, 4.69) is 49.1 Å². The third-order valence-corrected chi connectivity index (χ3v) is 5.23. The summed E-state index contributed by atoms with van der Waals surface area (Å²) in [5.41, 5.74) is 7.83. The van der Waals surface area contributed by atoms with Crippen molar-refractivity contribution >= 4 is 0 Å². The van der Waals surface area contributed by atoms with Gasteiger partial charge in [0.1, 0.15) is 0 Å². The van der Waals surface area contributed by atoms with Crippen LogP contribution in [0.15, 0.2) is 30.3 Å². The first-order valence-electron chi connectivity index (χ1n) is 8.69. The Morgan fingerprint density at radius 2 is 1.95 bits per heavy atom. The van der Waals surface area contributed by atoms with E-state index < -0.39 is 0 Å². The Labute approximate surface area is 130 Å². The van der Waals surface area contributed by atoms with Crippen LogP contribution in [0.3, 0.4) is 0 Å². The molecule has 1 saturated heterocycles. The lowest BCUT2D eigenvalue weighted by Crippen LogP contribution is -2.50. The molecule has 2 rings (SSSR count). The Hall–Kier alpha value is -0.860. The van der Waals surface area contributed by atoms with E-state index in [1.807, 2.05) is 0 Å². The highest BCUT2D eigenvalue weighted by atomic mass is 15.2. The average Bonchev–Trinajstić information content (AvgIpc) is 3.03. The second-order valence-electron chi connectivity index (χ2n) is 6.85. The summed E-state index contributed by atoms with van der Waals surface area (Å²) in [6, 6.07) is 11.0. The number of hydrogen-bond donors (Lipinski definition) is 1. The fraction of sp³-hybridized carbons (Fsp3) is 0.684. The van der Waals surface area contributed by atoms with Crippen LogP contribution in [0, 0.1) is 0 Å². The van der Waals surface area contributed by atoms with E-state index in [1.165, 1.54) is 57.2 Å². The number of nitrogens with zero attached hydrogens (tertiary/aromatic N) is 1. The lowest BCUT2D eigenvalue weighted by molar-refractivity contribution is 0.127. The molecule has 2 heteroatoms. The zero-order chi connectivity index (χ0) is 15.1. The fourth-order valence-electron chi connectivity index (χ4n) is 3.57. The lowest BCUT2D eigenvalue weighted by atomic mass is 9.92. The topological polar surface area (TPSA) is 29.3 Å². The average molecular weight is 288 g/mol. The summed E-state index contributed by atoms with van der Waals surface area (Å²) in [5, 5.41) is 0. The molecule has 21 heavy (non-hydrogen) atoms. The van der Waals surface area contributed by atoms with Gasteiger partial charge in [-0.25, -0.2) is 0 Å². The van der Waals surface area contributed by atoms with E-state index >= 15 is 0 Å². The molecule has 1 aliphatic rings. The third kappa shape index (κ3) is 4.31. The summed E-state index contributed by atoms with van der Waals surface area (Å²) in [6.07, 6.45) is 7.84. The molecule has 0 bridgehead atoms. The van der Waals surface area contributed by atoms with Gasteiger partial charge in [-0.15, -0.1) is 0 Å². The van der Waals surface area contributed by atoms with Gasteiger partial charge in [0.2, 0.25) is 0 Å². The van der Waals surface area contributed by atoms with Gasteiger partial charge in [0, 0.05) is 18.6 Å². The zero-order valence-corrected chi connectivity index (χ0v) is 13.9. The van der Waals surface area contributed by atoms with Crippen molar-refractivity contribution in [3.8, 4) is 0 Å². The summed E-state index contributed by atoms with van der Waals surface area (Å²) >= 11 is 0. The Kier molecular flexibility index (Phi) is 6.25. The van der Waals surface area contributed by atoms with Gasteiger partial charge in [-0.2, -0.15) is 0 Å². The largest absolute Gasteiger partial charge is 0.329 e. The third-order valence-electron chi connectivity index (χ3n) is 5.23. The van der Waals surface area contributed by atoms with E-state index in [0.29, 0.717) is 5.92 Å². The Morgan fingerprint density at radius 3 is 2.62 bits per heavy atom. The molecule has 2 atom stereocenters. The molecular formula is C19H32N2. The van der Waals surface area contributed by atoms with Crippen molar-refractivity contribution < 1.29 is 0 Å². The standard InChI is InChI=1S/C19H32N2/c1-3-4-5-9-13-19(2,16-20)21-14-12-18(15-21)17-10-7-6-8-11-17/h6-8,10-11,18H,3-5,9,12-16,20H2,1-2H3. The van der Waals surface area contributed by atoms with Crippen LogP contribution in [0.5, 0.6) is 0 Å². The van der Waals surface area contributed by atoms with E-state index in [-0.39, 0.29) is 5.54 Å². The van der Waals surface area contributed by atoms with Gasteiger partial charge in [-0.05, 0) is 37.8 Å². The fourth-order valence-corrected chi connectivity index (χ4v) is 3.57. The smallest absolute Gasteiger partial charge is 0.0303 e. The molecule has 2 nitrogen and oxygen atoms in total. The molecule has 0 aromatic heterocycles. The van der Waals surface area contributed by atoms with Crippen LogP contribution < -0.4 is 5.73 Å². The van der Waals surface area contributed by atoms with E-state index in [1.54, 1.807) is 0 Å². The molecule has 1 fully saturated rings. The second kappa shape index (κ2) is 7.95. The van der Waals surface area contributed by atoms with E-state index in [9.17, 15) is 0 Å². The van der Waals surface area contributed by atoms with E-state index in [0.717, 1.165) is 6.54 Å². The van der Waals surface area contributed by atoms with Crippen LogP contribution in [0.1, 0.15) is 63.9 Å². The number of nitrogens with two attached hydrogens (primary N) is 1. The van der Waals surface area contributed by atoms with Crippen molar-refractivity contribution in [1.29, 1.82) is 0 Å². The van der Waals surface area contributed by atoms with Gasteiger partial charge >= 0.3 is 0 Å². The minimum Gasteiger partial charge on any atom is -0.329 e. The maximum atomic E-state index is 6.14. The normalized spacial score (nSPS) is 22.3. The predicted octanol–water partition coefficient (Wildman–Crippen LogP) is 4.16. The SMILES string of the molecule is CCCCCCC(C)(CN)N1CCC(c2ccccc2)C1. The van der Waals surface area contributed by atoms with Crippen LogP contribution in [-0.2, 0) is 0 Å². The first-order chi connectivity index (χ1) is 10.2. The van der Waals surface area contributed by atoms with Gasteiger partial charge in [-0.3, -0.25) is 4.90 Å². The quantitative estimate of drug-likeness (QED) is 0.728. The van der Waals surface area contributed by atoms with Crippen LogP contribution >= 0.6 is 0 Å². The predicted molar refractivity (Wildman–Crippen MR) is 91.6 cm³/mol. The molecule has 1 aromatic carbocycles. The van der Waals surface area contributed by atoms with Crippen molar-refractivity contribution in [2.75, 3.05) is 19.6 Å². The Balaban J connectivity index is 1.91. The summed E-state index contributed by atoms with van der Waals surface area (Å²) in [4.78, 5) is 2.65. The number of benzene rings is 1. The van der Waals surface area contributed by atoms with Crippen molar-refractivity contribution in [3.05, 3.63) is 35.9 Å². The van der Waals surface area contributed by atoms with Gasteiger partial charge < -0.3 is 5.73 Å². The van der Waals surface area contributed by atoms with Crippen LogP contribution in [0.4, 0.5) is 0 Å². The van der Waals surface area contributed by atoms with Crippen molar-refractivity contribution in [3.63, 3.8) is 0 Å². The van der Waals surface area contributed by atoms with Gasteiger partial charge in [-0.1, -0.05) is 62.9 Å². The maximum absolute atomic E-state index is 6.14. The molecule has 0 aliphatic carbocycles. The van der Waals surface area contributed by atoms with Crippen LogP contribution in [0.2, 0.25) is 0 Å². The second-order valence-corrected chi connectivity index (χ2v) is 6.85. The molecular weight excluding hydrogens is 256 g/mol. The number of rotatable bonds is 8. The first kappa shape index (κ1) is 16.5. The highest BCUT2D eigenvalue weighted by molar-refractivity contribution is 5.21. The summed E-state index contributed by atoms with van der Waals surface area (Å²) < 4.78 is 0. The molecule has 0 amide bonds. The molecule has 0 radical (unpaired) electrons. The first-order valence-corrected chi connectivity index (χ1v) is 8.69. The maximum Gasteiger partial charge on any atom is 0.0303 e. The van der Waals surface area contributed by atoms with Crippen LogP contribution in [-0.4, -0.2) is 30.1 Å². The molecule has 0 saturated carbocycles. The molecule has 118 valence electrons. The summed E-state index contributed by atoms with van der Waals surface area (Å²) in [6.45, 7) is 7.78. The lowest BCUT2D eigenvalue weighted by Gasteiger charge is -2.38. The molecule has 1 aromatic rings. The van der Waals surface area contributed by atoms with Crippen LogP contribution in [0.25, 0.3) is 0 Å². The van der Waals surface area contributed by atoms with Crippen molar-refractivity contribution in [2.24, 2.45) is 5.73 Å². The van der Waals surface area contributed by atoms with Crippen molar-refractivity contribution in [2.45, 2.75) is 63.8 Å². The van der Waals surface area contributed by atoms with Crippen molar-refractivity contribution in [1.82, 2.24) is 4.90 Å². The molecule has 2 unspecified atom stereocenters. The summed E-state index contributed by atoms with van der Waals surface area (Å²) in [7, 11) is 0. The molecule has 1 aliphatic heterocycles. The number of likely N-dealkylation sites (tertiary alicyclic amines) is 1. The van der Waals surface area contributed by atoms with Gasteiger partial charge in [0.15, 0.2) is 0 Å². The van der Waals surface area contributed by atoms with E-state index in [4.69, 9.17) is 5.73 Å².